The molecule has 1 saturated carbocycles. The van der Waals surface area contributed by atoms with E-state index >= 15 is 0 Å². The first-order chi connectivity index (χ1) is 20.6. The smallest absolute Gasteiger partial charge is 0.416 e. The summed E-state index contributed by atoms with van der Waals surface area (Å²) in [4.78, 5) is 51.1. The van der Waals surface area contributed by atoms with E-state index in [1.54, 1.807) is 12.1 Å². The molecule has 10 nitrogen and oxygen atoms in total. The Morgan fingerprint density at radius 1 is 1.19 bits per heavy atom. The van der Waals surface area contributed by atoms with Crippen LogP contribution in [0.4, 0.5) is 29.5 Å². The van der Waals surface area contributed by atoms with E-state index in [1.165, 1.54) is 30.5 Å². The van der Waals surface area contributed by atoms with Gasteiger partial charge in [0.15, 0.2) is 6.04 Å². The average molecular weight is 613 g/mol. The second kappa shape index (κ2) is 12.3. The van der Waals surface area contributed by atoms with Gasteiger partial charge in [0.05, 0.1) is 29.7 Å². The number of nitrogens with zero attached hydrogens (tertiary/aromatic N) is 5. The Morgan fingerprint density at radius 3 is 2.63 bits per heavy atom. The lowest BCUT2D eigenvalue weighted by Crippen LogP contribution is -2.54. The molecule has 3 amide bonds. The van der Waals surface area contributed by atoms with E-state index in [-0.39, 0.29) is 40.5 Å². The number of hydrogen-bond donors (Lipinski definition) is 1. The summed E-state index contributed by atoms with van der Waals surface area (Å²) < 4.78 is 47.3. The number of pyridine rings is 2. The van der Waals surface area contributed by atoms with Gasteiger partial charge in [-0.2, -0.15) is 5.26 Å². The minimum absolute atomic E-state index is 0.00307. The maximum absolute atomic E-state index is 14.5. The van der Waals surface area contributed by atoms with Crippen molar-refractivity contribution in [2.75, 3.05) is 16.4 Å². The second-order valence-electron chi connectivity index (χ2n) is 10.1. The van der Waals surface area contributed by atoms with E-state index in [0.717, 1.165) is 28.3 Å². The van der Waals surface area contributed by atoms with Gasteiger partial charge in [0.2, 0.25) is 11.8 Å². The molecule has 1 aliphatic heterocycles. The molecule has 0 bridgehead atoms. The zero-order valence-corrected chi connectivity index (χ0v) is 23.2. The maximum Gasteiger partial charge on any atom is 0.416 e. The highest BCUT2D eigenvalue weighted by atomic mass is 35.5. The molecule has 0 radical (unpaired) electrons. The van der Waals surface area contributed by atoms with Gasteiger partial charge in [0.25, 0.3) is 5.91 Å². The third-order valence-electron chi connectivity index (χ3n) is 7.26. The van der Waals surface area contributed by atoms with Crippen LogP contribution >= 0.6 is 11.6 Å². The van der Waals surface area contributed by atoms with Crippen molar-refractivity contribution in [2.24, 2.45) is 0 Å². The number of rotatable bonds is 7. The van der Waals surface area contributed by atoms with Crippen molar-refractivity contribution >= 4 is 41.0 Å². The van der Waals surface area contributed by atoms with Gasteiger partial charge in [-0.05, 0) is 31.0 Å². The van der Waals surface area contributed by atoms with Gasteiger partial charge in [0, 0.05) is 41.7 Å². The highest BCUT2D eigenvalue weighted by Gasteiger charge is 2.46. The standard InChI is InChI=1S/C29H24ClF3N6O4/c30-22-4-2-1-3-21(22)25(26(40)37-19-5-8-29(32,33)9-6-19)38(20-12-18(31)14-35-15-20)27(41)23-16-43-28(42)39(23)24-11-17(13-34)7-10-36-24/h1-4,7,10-12,14-15,19,23,25H,5-6,8-9,16H2,(H,37,40)/t23?,25-/m0/s1. The molecule has 2 aliphatic rings. The molecule has 2 aromatic heterocycles. The Morgan fingerprint density at radius 2 is 1.93 bits per heavy atom. The van der Waals surface area contributed by atoms with Gasteiger partial charge in [-0.3, -0.25) is 19.5 Å². The topological polar surface area (TPSA) is 129 Å². The number of aromatic nitrogens is 2. The predicted molar refractivity (Wildman–Crippen MR) is 148 cm³/mol. The summed E-state index contributed by atoms with van der Waals surface area (Å²) in [6.07, 6.45) is 1.59. The van der Waals surface area contributed by atoms with Crippen LogP contribution in [0.15, 0.2) is 61.1 Å². The Hall–Kier alpha value is -4.70. The number of halogens is 4. The van der Waals surface area contributed by atoms with E-state index < -0.39 is 67.2 Å². The number of amides is 3. The molecule has 1 unspecified atom stereocenters. The lowest BCUT2D eigenvalue weighted by Gasteiger charge is -2.36. The number of nitrogens with one attached hydrogen (secondary N) is 1. The Bertz CT molecular complexity index is 1590. The summed E-state index contributed by atoms with van der Waals surface area (Å²) in [6, 6.07) is 8.25. The van der Waals surface area contributed by atoms with Gasteiger partial charge in [-0.25, -0.2) is 27.8 Å². The Kier molecular flexibility index (Phi) is 8.50. The highest BCUT2D eigenvalue weighted by Crippen LogP contribution is 2.37. The van der Waals surface area contributed by atoms with Gasteiger partial charge in [0.1, 0.15) is 24.3 Å². The van der Waals surface area contributed by atoms with Gasteiger partial charge in [-0.15, -0.1) is 0 Å². The van der Waals surface area contributed by atoms with Crippen molar-refractivity contribution < 1.29 is 32.3 Å². The van der Waals surface area contributed by atoms with Gasteiger partial charge >= 0.3 is 6.09 Å². The molecular formula is C29H24ClF3N6O4. The first-order valence-electron chi connectivity index (χ1n) is 13.3. The van der Waals surface area contributed by atoms with Crippen LogP contribution in [-0.4, -0.2) is 52.5 Å². The quantitative estimate of drug-likeness (QED) is 0.400. The first kappa shape index (κ1) is 29.8. The molecule has 0 spiro atoms. The minimum atomic E-state index is -2.84. The number of cyclic esters (lactones) is 1. The van der Waals surface area contributed by atoms with E-state index in [2.05, 4.69) is 15.3 Å². The number of carbonyl (C=O) groups is 3. The van der Waals surface area contributed by atoms with Gasteiger partial charge < -0.3 is 10.1 Å². The molecule has 3 heterocycles. The Labute approximate surface area is 249 Å². The summed E-state index contributed by atoms with van der Waals surface area (Å²) in [6.45, 7) is -0.454. The third-order valence-corrected chi connectivity index (χ3v) is 7.60. The van der Waals surface area contributed by atoms with Crippen LogP contribution < -0.4 is 15.1 Å². The first-order valence-corrected chi connectivity index (χ1v) is 13.6. The number of carbonyl (C=O) groups excluding carboxylic acids is 3. The fourth-order valence-corrected chi connectivity index (χ4v) is 5.37. The molecule has 2 atom stereocenters. The average Bonchev–Trinajstić information content (AvgIpc) is 3.38. The van der Waals surface area contributed by atoms with E-state index in [1.807, 2.05) is 6.07 Å². The molecular weight excluding hydrogens is 589 g/mol. The summed E-state index contributed by atoms with van der Waals surface area (Å²) >= 11 is 6.51. The second-order valence-corrected chi connectivity index (χ2v) is 10.5. The SMILES string of the molecule is N#Cc1ccnc(N2C(=O)OCC2C(=O)N(c2cncc(F)c2)[C@H](C(=O)NC2CCC(F)(F)CC2)c2ccccc2Cl)c1. The van der Waals surface area contributed by atoms with Crippen LogP contribution in [0.2, 0.25) is 5.02 Å². The van der Waals surface area contributed by atoms with Crippen LogP contribution in [0.5, 0.6) is 0 Å². The van der Waals surface area contributed by atoms with Crippen molar-refractivity contribution in [3.8, 4) is 6.07 Å². The van der Waals surface area contributed by atoms with Crippen molar-refractivity contribution in [3.63, 3.8) is 0 Å². The maximum atomic E-state index is 14.5. The highest BCUT2D eigenvalue weighted by molar-refractivity contribution is 6.31. The summed E-state index contributed by atoms with van der Waals surface area (Å²) in [5.41, 5.74) is 0.175. The number of ether oxygens (including phenoxy) is 1. The molecule has 5 rings (SSSR count). The molecule has 2 fully saturated rings. The predicted octanol–water partition coefficient (Wildman–Crippen LogP) is 4.93. The number of anilines is 2. The largest absolute Gasteiger partial charge is 0.446 e. The van der Waals surface area contributed by atoms with E-state index in [4.69, 9.17) is 16.3 Å². The molecule has 222 valence electrons. The number of nitriles is 1. The molecule has 43 heavy (non-hydrogen) atoms. The van der Waals surface area contributed by atoms with E-state index in [9.17, 15) is 32.8 Å². The van der Waals surface area contributed by atoms with Crippen LogP contribution in [0.3, 0.4) is 0 Å². The summed E-state index contributed by atoms with van der Waals surface area (Å²) in [7, 11) is 0. The lowest BCUT2D eigenvalue weighted by molar-refractivity contribution is -0.128. The van der Waals surface area contributed by atoms with Crippen LogP contribution in [0.25, 0.3) is 0 Å². The number of hydrogen-bond acceptors (Lipinski definition) is 7. The lowest BCUT2D eigenvalue weighted by atomic mass is 9.91. The monoisotopic (exact) mass is 612 g/mol. The van der Waals surface area contributed by atoms with Crippen molar-refractivity contribution in [1.29, 1.82) is 5.26 Å². The van der Waals surface area contributed by atoms with Crippen LogP contribution in [-0.2, 0) is 14.3 Å². The van der Waals surface area contributed by atoms with Crippen LogP contribution in [0.1, 0.15) is 42.9 Å². The fourth-order valence-electron chi connectivity index (χ4n) is 5.13. The molecule has 14 heteroatoms. The molecule has 1 aromatic carbocycles. The zero-order chi connectivity index (χ0) is 30.7. The summed E-state index contributed by atoms with van der Waals surface area (Å²) in [5.74, 6) is -5.35. The molecule has 1 aliphatic carbocycles. The van der Waals surface area contributed by atoms with Crippen molar-refractivity contribution in [3.05, 3.63) is 83.0 Å². The molecule has 3 aromatic rings. The fraction of sp³-hybridized carbons (Fsp3) is 0.310. The third kappa shape index (κ3) is 6.39. The number of benzene rings is 1. The summed E-state index contributed by atoms with van der Waals surface area (Å²) in [5, 5.41) is 12.2. The van der Waals surface area contributed by atoms with E-state index in [0.29, 0.717) is 0 Å². The number of alkyl halides is 2. The molecule has 1 N–H and O–H groups in total. The zero-order valence-electron chi connectivity index (χ0n) is 22.4. The van der Waals surface area contributed by atoms with Crippen molar-refractivity contribution in [1.82, 2.24) is 15.3 Å². The van der Waals surface area contributed by atoms with Crippen molar-refractivity contribution in [2.45, 2.75) is 49.7 Å². The normalized spacial score (nSPS) is 18.8. The van der Waals surface area contributed by atoms with Crippen LogP contribution in [0, 0.1) is 17.1 Å². The Balaban J connectivity index is 1.59. The minimum Gasteiger partial charge on any atom is -0.446 e. The molecule has 1 saturated heterocycles. The van der Waals surface area contributed by atoms with Gasteiger partial charge in [-0.1, -0.05) is 29.8 Å².